The van der Waals surface area contributed by atoms with Gasteiger partial charge in [0.25, 0.3) is 5.91 Å². The summed E-state index contributed by atoms with van der Waals surface area (Å²) in [5, 5.41) is 2.34. The van der Waals surface area contributed by atoms with E-state index in [0.29, 0.717) is 5.84 Å². The maximum absolute atomic E-state index is 11.0. The van der Waals surface area contributed by atoms with Crippen molar-refractivity contribution in [2.24, 2.45) is 20.7 Å². The normalized spacial score (nSPS) is 27.3. The van der Waals surface area contributed by atoms with Gasteiger partial charge < -0.3 is 5.73 Å². The molecule has 1 amide bonds. The molecule has 1 atom stereocenters. The highest BCUT2D eigenvalue weighted by Crippen LogP contribution is 2.05. The van der Waals surface area contributed by atoms with Gasteiger partial charge in [0.05, 0.1) is 0 Å². The monoisotopic (exact) mass is 151 g/mol. The summed E-state index contributed by atoms with van der Waals surface area (Å²) in [6, 6.07) is -0.581. The molecule has 0 aromatic rings. The molecule has 2 aliphatic rings. The lowest BCUT2D eigenvalue weighted by molar-refractivity contribution is -0.119. The third-order valence-electron chi connectivity index (χ3n) is 1.38. The third kappa shape index (κ3) is 0.794. The van der Waals surface area contributed by atoms with Gasteiger partial charge in [0, 0.05) is 0 Å². The number of nitrogens with two attached hydrogens (primary N) is 1. The number of aliphatic imine (C=N–C) groups is 3. The number of hydrogen-bond donors (Lipinski definition) is 2. The number of carbonyl (C=O) groups is 1. The van der Waals surface area contributed by atoms with Crippen LogP contribution in [0.15, 0.2) is 15.0 Å². The predicted octanol–water partition coefficient (Wildman–Crippen LogP) is -1.76. The lowest BCUT2D eigenvalue weighted by Gasteiger charge is -2.13. The fourth-order valence-electron chi connectivity index (χ4n) is 0.917. The van der Waals surface area contributed by atoms with Gasteiger partial charge in [-0.3, -0.25) is 15.1 Å². The van der Waals surface area contributed by atoms with Crippen molar-refractivity contribution < 1.29 is 4.79 Å². The van der Waals surface area contributed by atoms with Gasteiger partial charge in [-0.1, -0.05) is 0 Å². The molecule has 3 N–H and O–H groups in total. The average Bonchev–Trinajstić information content (AvgIpc) is 2.34. The van der Waals surface area contributed by atoms with Gasteiger partial charge in [0.15, 0.2) is 11.9 Å². The van der Waals surface area contributed by atoms with Crippen molar-refractivity contribution in [3.05, 3.63) is 0 Å². The molecule has 0 fully saturated rings. The van der Waals surface area contributed by atoms with E-state index in [-0.39, 0.29) is 11.9 Å². The molecule has 0 radical (unpaired) electrons. The first kappa shape index (κ1) is 6.02. The van der Waals surface area contributed by atoms with Crippen LogP contribution >= 0.6 is 0 Å². The van der Waals surface area contributed by atoms with Crippen LogP contribution < -0.4 is 11.1 Å². The maximum Gasteiger partial charge on any atom is 0.259 e. The van der Waals surface area contributed by atoms with Crippen LogP contribution in [0.4, 0.5) is 0 Å². The molecule has 0 saturated heterocycles. The van der Waals surface area contributed by atoms with Crippen molar-refractivity contribution in [1.82, 2.24) is 5.32 Å². The molecule has 0 aliphatic carbocycles. The lowest BCUT2D eigenvalue weighted by Crippen LogP contribution is -2.49. The predicted molar refractivity (Wildman–Crippen MR) is 39.5 cm³/mol. The largest absolute Gasteiger partial charge is 0.369 e. The van der Waals surface area contributed by atoms with E-state index in [1.54, 1.807) is 0 Å². The fourth-order valence-corrected chi connectivity index (χ4v) is 0.917. The highest BCUT2D eigenvalue weighted by molar-refractivity contribution is 6.22. The van der Waals surface area contributed by atoms with Crippen molar-refractivity contribution in [3.8, 4) is 0 Å². The Morgan fingerprint density at radius 1 is 1.64 bits per heavy atom. The van der Waals surface area contributed by atoms with Crippen LogP contribution in [0.3, 0.4) is 0 Å². The van der Waals surface area contributed by atoms with E-state index in [1.807, 2.05) is 0 Å². The zero-order chi connectivity index (χ0) is 7.84. The Labute approximate surface area is 61.9 Å². The van der Waals surface area contributed by atoms with E-state index >= 15 is 0 Å². The highest BCUT2D eigenvalue weighted by Gasteiger charge is 2.30. The number of nitrogens with one attached hydrogen (secondary N) is 1. The Balaban J connectivity index is 2.42. The van der Waals surface area contributed by atoms with Crippen molar-refractivity contribution in [3.63, 3.8) is 0 Å². The maximum atomic E-state index is 11.0. The van der Waals surface area contributed by atoms with E-state index in [0.717, 1.165) is 0 Å². The number of amidine groups is 1. The zero-order valence-corrected chi connectivity index (χ0v) is 5.48. The first-order chi connectivity index (χ1) is 5.27. The molecule has 11 heavy (non-hydrogen) atoms. The van der Waals surface area contributed by atoms with E-state index in [9.17, 15) is 4.79 Å². The summed E-state index contributed by atoms with van der Waals surface area (Å²) < 4.78 is 0. The molecule has 0 spiro atoms. The standard InChI is InChI=1S/C5H5N5O/c6-5-9-3-2(4(11)10-5)7-1-8-3/h1-2H,(H3,6,7,8,9,10,11). The zero-order valence-electron chi connectivity index (χ0n) is 5.48. The van der Waals surface area contributed by atoms with E-state index in [2.05, 4.69) is 20.3 Å². The molecule has 2 heterocycles. The Kier molecular flexibility index (Phi) is 1.03. The second kappa shape index (κ2) is 1.88. The van der Waals surface area contributed by atoms with Gasteiger partial charge in [-0.05, 0) is 0 Å². The summed E-state index contributed by atoms with van der Waals surface area (Å²) in [6.07, 6.45) is 1.31. The van der Waals surface area contributed by atoms with E-state index < -0.39 is 6.04 Å². The minimum absolute atomic E-state index is 0.0792. The number of rotatable bonds is 0. The molecule has 6 nitrogen and oxygen atoms in total. The van der Waals surface area contributed by atoms with Crippen LogP contribution in [0.2, 0.25) is 0 Å². The van der Waals surface area contributed by atoms with Gasteiger partial charge in [-0.25, -0.2) is 4.99 Å². The first-order valence-corrected chi connectivity index (χ1v) is 3.02. The number of amides is 1. The molecule has 2 aliphatic heterocycles. The number of guanidine groups is 1. The third-order valence-corrected chi connectivity index (χ3v) is 1.38. The Morgan fingerprint density at radius 2 is 2.45 bits per heavy atom. The van der Waals surface area contributed by atoms with Crippen LogP contribution in [0.25, 0.3) is 0 Å². The van der Waals surface area contributed by atoms with Crippen LogP contribution in [0.1, 0.15) is 0 Å². The fraction of sp³-hybridized carbons (Fsp3) is 0.200. The Bertz CT molecular complexity index is 302. The van der Waals surface area contributed by atoms with Crippen LogP contribution in [-0.2, 0) is 4.79 Å². The smallest absolute Gasteiger partial charge is 0.259 e. The SMILES string of the molecule is NC1=NC2=NC=NC2C(=O)N1. The number of nitrogens with zero attached hydrogens (tertiary/aromatic N) is 3. The van der Waals surface area contributed by atoms with Crippen molar-refractivity contribution in [1.29, 1.82) is 0 Å². The minimum Gasteiger partial charge on any atom is -0.369 e. The molecule has 2 rings (SSSR count). The van der Waals surface area contributed by atoms with Gasteiger partial charge in [-0.15, -0.1) is 0 Å². The number of fused-ring (bicyclic) bond motifs is 1. The van der Waals surface area contributed by atoms with E-state index in [4.69, 9.17) is 5.73 Å². The van der Waals surface area contributed by atoms with E-state index in [1.165, 1.54) is 6.34 Å². The molecular weight excluding hydrogens is 146 g/mol. The number of carbonyl (C=O) groups excluding carboxylic acids is 1. The molecule has 0 saturated carbocycles. The van der Waals surface area contributed by atoms with Crippen molar-refractivity contribution in [2.75, 3.05) is 0 Å². The van der Waals surface area contributed by atoms with Gasteiger partial charge >= 0.3 is 0 Å². The van der Waals surface area contributed by atoms with Crippen molar-refractivity contribution in [2.45, 2.75) is 6.04 Å². The van der Waals surface area contributed by atoms with Crippen LogP contribution in [0.5, 0.6) is 0 Å². The van der Waals surface area contributed by atoms with Crippen LogP contribution in [0, 0.1) is 0 Å². The molecule has 56 valence electrons. The first-order valence-electron chi connectivity index (χ1n) is 3.02. The quantitative estimate of drug-likeness (QED) is 0.429. The Hall–Kier alpha value is -1.72. The summed E-state index contributed by atoms with van der Waals surface area (Å²) in [5.41, 5.74) is 5.26. The Morgan fingerprint density at radius 3 is 3.27 bits per heavy atom. The van der Waals surface area contributed by atoms with Gasteiger partial charge in [0.2, 0.25) is 5.96 Å². The average molecular weight is 151 g/mol. The van der Waals surface area contributed by atoms with Crippen LogP contribution in [-0.4, -0.2) is 30.1 Å². The summed E-state index contributed by atoms with van der Waals surface area (Å²) >= 11 is 0. The highest BCUT2D eigenvalue weighted by atomic mass is 16.2. The molecular formula is C5H5N5O. The molecule has 0 bridgehead atoms. The second-order valence-corrected chi connectivity index (χ2v) is 2.14. The molecule has 6 heteroatoms. The number of hydrogen-bond acceptors (Lipinski definition) is 5. The second-order valence-electron chi connectivity index (χ2n) is 2.14. The van der Waals surface area contributed by atoms with Crippen molar-refractivity contribution >= 4 is 24.0 Å². The topological polar surface area (TPSA) is 92.2 Å². The summed E-state index contributed by atoms with van der Waals surface area (Å²) in [6.45, 7) is 0. The summed E-state index contributed by atoms with van der Waals surface area (Å²) in [4.78, 5) is 22.3. The molecule has 0 aromatic heterocycles. The minimum atomic E-state index is -0.581. The lowest BCUT2D eigenvalue weighted by atomic mass is 10.2. The van der Waals surface area contributed by atoms with Gasteiger partial charge in [-0.2, -0.15) is 4.99 Å². The summed E-state index contributed by atoms with van der Waals surface area (Å²) in [7, 11) is 0. The summed E-state index contributed by atoms with van der Waals surface area (Å²) in [5.74, 6) is 0.173. The van der Waals surface area contributed by atoms with Gasteiger partial charge in [0.1, 0.15) is 6.34 Å². The molecule has 0 aromatic carbocycles. The molecule has 1 unspecified atom stereocenters.